The number of carbonyl (C=O) groups is 1. The number of nitrogens with two attached hydrogens (primary N) is 1. The topological polar surface area (TPSA) is 98.2 Å². The standard InChI is InChI=1S/C17H15N3O3/c1-10(15(18)22)20-16(11-5-3-2-4-6-11)19-14-8-7-12(21)9-13(14)17(20)23/h2-10,21H,1H3,(H2,18,22). The van der Waals surface area contributed by atoms with Gasteiger partial charge in [-0.15, -0.1) is 0 Å². The molecule has 0 fully saturated rings. The smallest absolute Gasteiger partial charge is 0.262 e. The van der Waals surface area contributed by atoms with Crippen molar-refractivity contribution in [1.29, 1.82) is 0 Å². The Labute approximate surface area is 131 Å². The average Bonchev–Trinajstić information content (AvgIpc) is 2.55. The second kappa shape index (κ2) is 5.57. The number of fused-ring (bicyclic) bond motifs is 1. The maximum Gasteiger partial charge on any atom is 0.262 e. The molecular formula is C17H15N3O3. The summed E-state index contributed by atoms with van der Waals surface area (Å²) >= 11 is 0. The molecule has 1 unspecified atom stereocenters. The highest BCUT2D eigenvalue weighted by atomic mass is 16.3. The summed E-state index contributed by atoms with van der Waals surface area (Å²) in [6, 6.07) is 12.6. The summed E-state index contributed by atoms with van der Waals surface area (Å²) in [5.41, 5.74) is 6.11. The summed E-state index contributed by atoms with van der Waals surface area (Å²) in [5, 5.41) is 9.85. The van der Waals surface area contributed by atoms with E-state index in [0.29, 0.717) is 16.9 Å². The highest BCUT2D eigenvalue weighted by Crippen LogP contribution is 2.23. The van der Waals surface area contributed by atoms with E-state index in [2.05, 4.69) is 4.98 Å². The van der Waals surface area contributed by atoms with Crippen molar-refractivity contribution in [3.63, 3.8) is 0 Å². The van der Waals surface area contributed by atoms with Crippen molar-refractivity contribution in [2.45, 2.75) is 13.0 Å². The molecule has 6 heteroatoms. The first-order valence-corrected chi connectivity index (χ1v) is 7.09. The Balaban J connectivity index is 2.42. The van der Waals surface area contributed by atoms with Gasteiger partial charge in [0.25, 0.3) is 5.56 Å². The molecule has 1 heterocycles. The van der Waals surface area contributed by atoms with Crippen molar-refractivity contribution in [3.8, 4) is 17.1 Å². The van der Waals surface area contributed by atoms with E-state index in [1.54, 1.807) is 25.1 Å². The summed E-state index contributed by atoms with van der Waals surface area (Å²) in [6.45, 7) is 1.55. The summed E-state index contributed by atoms with van der Waals surface area (Å²) < 4.78 is 1.26. The summed E-state index contributed by atoms with van der Waals surface area (Å²) in [7, 11) is 0. The number of rotatable bonds is 3. The molecule has 116 valence electrons. The number of phenolic OH excluding ortho intramolecular Hbond substituents is 1. The largest absolute Gasteiger partial charge is 0.508 e. The fraction of sp³-hybridized carbons (Fsp3) is 0.118. The maximum atomic E-state index is 12.8. The maximum absolute atomic E-state index is 12.8. The molecule has 3 rings (SSSR count). The first-order chi connectivity index (χ1) is 11.0. The lowest BCUT2D eigenvalue weighted by Gasteiger charge is -2.17. The third-order valence-electron chi connectivity index (χ3n) is 3.71. The molecule has 2 aromatic carbocycles. The van der Waals surface area contributed by atoms with Crippen LogP contribution >= 0.6 is 0 Å². The molecule has 0 radical (unpaired) electrons. The zero-order valence-electron chi connectivity index (χ0n) is 12.4. The molecule has 1 aromatic heterocycles. The number of benzene rings is 2. The first-order valence-electron chi connectivity index (χ1n) is 7.09. The van der Waals surface area contributed by atoms with Crippen LogP contribution in [0.3, 0.4) is 0 Å². The molecule has 1 atom stereocenters. The van der Waals surface area contributed by atoms with E-state index in [9.17, 15) is 14.7 Å². The van der Waals surface area contributed by atoms with Crippen molar-refractivity contribution in [3.05, 3.63) is 58.9 Å². The van der Waals surface area contributed by atoms with Crippen LogP contribution in [-0.4, -0.2) is 20.6 Å². The Morgan fingerprint density at radius 1 is 1.22 bits per heavy atom. The molecule has 3 N–H and O–H groups in total. The average molecular weight is 309 g/mol. The number of aromatic nitrogens is 2. The summed E-state index contributed by atoms with van der Waals surface area (Å²) in [5.74, 6) is -0.312. The number of primary amides is 1. The minimum Gasteiger partial charge on any atom is -0.508 e. The molecule has 1 amide bonds. The highest BCUT2D eigenvalue weighted by molar-refractivity contribution is 5.83. The molecule has 6 nitrogen and oxygen atoms in total. The molecular weight excluding hydrogens is 294 g/mol. The van der Waals surface area contributed by atoms with E-state index in [4.69, 9.17) is 5.73 Å². The van der Waals surface area contributed by atoms with E-state index in [0.717, 1.165) is 0 Å². The Kier molecular flexibility index (Phi) is 3.57. The van der Waals surface area contributed by atoms with E-state index < -0.39 is 17.5 Å². The molecule has 0 saturated carbocycles. The van der Waals surface area contributed by atoms with Crippen LogP contribution in [0.15, 0.2) is 53.3 Å². The van der Waals surface area contributed by atoms with Gasteiger partial charge in [-0.3, -0.25) is 14.2 Å². The van der Waals surface area contributed by atoms with Crippen LogP contribution in [0.25, 0.3) is 22.3 Å². The second-order valence-electron chi connectivity index (χ2n) is 5.26. The Morgan fingerprint density at radius 2 is 1.91 bits per heavy atom. The number of hydrogen-bond acceptors (Lipinski definition) is 4. The van der Waals surface area contributed by atoms with E-state index in [1.165, 1.54) is 16.7 Å². The number of aromatic hydroxyl groups is 1. The van der Waals surface area contributed by atoms with Crippen molar-refractivity contribution in [2.24, 2.45) is 5.73 Å². The van der Waals surface area contributed by atoms with Crippen molar-refractivity contribution >= 4 is 16.8 Å². The minimum absolute atomic E-state index is 0.0397. The van der Waals surface area contributed by atoms with Crippen LogP contribution in [0.2, 0.25) is 0 Å². The van der Waals surface area contributed by atoms with Crippen molar-refractivity contribution < 1.29 is 9.90 Å². The number of amides is 1. The second-order valence-corrected chi connectivity index (χ2v) is 5.26. The van der Waals surface area contributed by atoms with Crippen LogP contribution in [0.1, 0.15) is 13.0 Å². The van der Waals surface area contributed by atoms with Crippen LogP contribution < -0.4 is 11.3 Å². The normalized spacial score (nSPS) is 12.2. The SMILES string of the molecule is CC(C(N)=O)n1c(-c2ccccc2)nc2ccc(O)cc2c1=O. The third-order valence-corrected chi connectivity index (χ3v) is 3.71. The Bertz CT molecular complexity index is 948. The zero-order valence-corrected chi connectivity index (χ0v) is 12.4. The number of carbonyl (C=O) groups excluding carboxylic acids is 1. The highest BCUT2D eigenvalue weighted by Gasteiger charge is 2.20. The number of hydrogen-bond donors (Lipinski definition) is 2. The lowest BCUT2D eigenvalue weighted by molar-refractivity contribution is -0.120. The van der Waals surface area contributed by atoms with Gasteiger partial charge >= 0.3 is 0 Å². The molecule has 0 aliphatic rings. The van der Waals surface area contributed by atoms with Gasteiger partial charge in [-0.25, -0.2) is 4.98 Å². The van der Waals surface area contributed by atoms with Crippen molar-refractivity contribution in [2.75, 3.05) is 0 Å². The Morgan fingerprint density at radius 3 is 2.57 bits per heavy atom. The van der Waals surface area contributed by atoms with Gasteiger partial charge in [-0.2, -0.15) is 0 Å². The predicted octanol–water partition coefficient (Wildman–Crippen LogP) is 1.82. The molecule has 23 heavy (non-hydrogen) atoms. The van der Waals surface area contributed by atoms with Gasteiger partial charge in [0.2, 0.25) is 5.91 Å². The molecule has 0 aliphatic carbocycles. The van der Waals surface area contributed by atoms with Gasteiger partial charge in [0, 0.05) is 5.56 Å². The van der Waals surface area contributed by atoms with Gasteiger partial charge in [-0.05, 0) is 25.1 Å². The molecule has 0 aliphatic heterocycles. The van der Waals surface area contributed by atoms with Gasteiger partial charge in [0.05, 0.1) is 10.9 Å². The Hall–Kier alpha value is -3.15. The fourth-order valence-corrected chi connectivity index (χ4v) is 2.46. The van der Waals surface area contributed by atoms with E-state index >= 15 is 0 Å². The minimum atomic E-state index is -0.864. The predicted molar refractivity (Wildman–Crippen MR) is 87.0 cm³/mol. The van der Waals surface area contributed by atoms with Crippen molar-refractivity contribution in [1.82, 2.24) is 9.55 Å². The van der Waals surface area contributed by atoms with Crippen LogP contribution in [0, 0.1) is 0 Å². The van der Waals surface area contributed by atoms with Crippen LogP contribution in [0.4, 0.5) is 0 Å². The van der Waals surface area contributed by atoms with E-state index in [-0.39, 0.29) is 11.1 Å². The third kappa shape index (κ3) is 2.55. The quantitative estimate of drug-likeness (QED) is 0.771. The van der Waals surface area contributed by atoms with Gasteiger partial charge in [-0.1, -0.05) is 30.3 Å². The van der Waals surface area contributed by atoms with Gasteiger partial charge < -0.3 is 10.8 Å². The summed E-state index contributed by atoms with van der Waals surface area (Å²) in [6.07, 6.45) is 0. The molecule has 0 spiro atoms. The molecule has 3 aromatic rings. The molecule has 0 saturated heterocycles. The number of nitrogens with zero attached hydrogens (tertiary/aromatic N) is 2. The van der Waals surface area contributed by atoms with E-state index in [1.807, 2.05) is 18.2 Å². The zero-order chi connectivity index (χ0) is 16.6. The van der Waals surface area contributed by atoms with Crippen LogP contribution in [0.5, 0.6) is 5.75 Å². The monoisotopic (exact) mass is 309 g/mol. The van der Waals surface area contributed by atoms with Crippen LogP contribution in [-0.2, 0) is 4.79 Å². The van der Waals surface area contributed by atoms with Gasteiger partial charge in [0.1, 0.15) is 17.6 Å². The number of phenols is 1. The first kappa shape index (κ1) is 14.8. The lowest BCUT2D eigenvalue weighted by atomic mass is 10.1. The fourth-order valence-electron chi connectivity index (χ4n) is 2.46. The lowest BCUT2D eigenvalue weighted by Crippen LogP contribution is -2.33. The summed E-state index contributed by atoms with van der Waals surface area (Å²) in [4.78, 5) is 28.9. The van der Waals surface area contributed by atoms with Gasteiger partial charge in [0.15, 0.2) is 0 Å². The molecule has 0 bridgehead atoms.